The molecule has 0 fully saturated rings. The van der Waals surface area contributed by atoms with E-state index in [1.807, 2.05) is 0 Å². The minimum Gasteiger partial charge on any atom is -0.481 e. The molecule has 0 bridgehead atoms. The molecule has 2 nitrogen and oxygen atoms in total. The van der Waals surface area contributed by atoms with Gasteiger partial charge in [0.1, 0.15) is 5.82 Å². The first-order valence-electron chi connectivity index (χ1n) is 4.23. The lowest BCUT2D eigenvalue weighted by Gasteiger charge is -1.99. The minimum absolute atomic E-state index is 0.129. The zero-order valence-corrected chi connectivity index (χ0v) is 8.72. The van der Waals surface area contributed by atoms with Crippen molar-refractivity contribution in [2.24, 2.45) is 0 Å². The molecule has 0 unspecified atom stereocenters. The Morgan fingerprint density at radius 3 is 2.87 bits per heavy atom. The highest BCUT2D eigenvalue weighted by Crippen LogP contribution is 2.10. The Kier molecular flexibility index (Phi) is 4.19. The van der Waals surface area contributed by atoms with Crippen molar-refractivity contribution in [3.05, 3.63) is 35.1 Å². The Hall–Kier alpha value is -1.47. The fourth-order valence-corrected chi connectivity index (χ4v) is 1.17. The summed E-state index contributed by atoms with van der Waals surface area (Å²) in [6, 6.07) is 4.11. The van der Waals surface area contributed by atoms with Gasteiger partial charge in [-0.2, -0.15) is 12.6 Å². The summed E-state index contributed by atoms with van der Waals surface area (Å²) in [5.41, 5.74) is 0.746. The van der Waals surface area contributed by atoms with E-state index in [4.69, 9.17) is 5.11 Å². The predicted molar refractivity (Wildman–Crippen MR) is 58.5 cm³/mol. The highest BCUT2D eigenvalue weighted by Gasteiger charge is 2.04. The van der Waals surface area contributed by atoms with Crippen LogP contribution >= 0.6 is 12.6 Å². The second-order valence-electron chi connectivity index (χ2n) is 2.84. The molecule has 15 heavy (non-hydrogen) atoms. The number of hydrogen-bond acceptors (Lipinski definition) is 2. The van der Waals surface area contributed by atoms with Gasteiger partial charge in [0.15, 0.2) is 0 Å². The molecule has 0 aliphatic rings. The molecule has 0 amide bonds. The van der Waals surface area contributed by atoms with Gasteiger partial charge in [-0.05, 0) is 17.7 Å². The number of carboxylic acid groups (broad SMARTS) is 1. The summed E-state index contributed by atoms with van der Waals surface area (Å²) in [7, 11) is 0. The Balaban J connectivity index is 2.99. The molecule has 1 rings (SSSR count). The van der Waals surface area contributed by atoms with E-state index in [-0.39, 0.29) is 12.0 Å². The van der Waals surface area contributed by atoms with Crippen LogP contribution in [0.25, 0.3) is 0 Å². The Bertz CT molecular complexity index is 432. The summed E-state index contributed by atoms with van der Waals surface area (Å²) in [5, 5.41) is 8.56. The third kappa shape index (κ3) is 3.64. The SMILES string of the molecule is O=C(O)Cc1ccc(F)c(C#CCS)c1. The van der Waals surface area contributed by atoms with Gasteiger partial charge in [-0.15, -0.1) is 0 Å². The first-order chi connectivity index (χ1) is 7.13. The number of hydrogen-bond donors (Lipinski definition) is 2. The third-order valence-corrected chi connectivity index (χ3v) is 1.85. The highest BCUT2D eigenvalue weighted by molar-refractivity contribution is 7.80. The van der Waals surface area contributed by atoms with E-state index < -0.39 is 11.8 Å². The predicted octanol–water partition coefficient (Wildman–Crippen LogP) is 1.73. The number of halogens is 1. The van der Waals surface area contributed by atoms with E-state index in [9.17, 15) is 9.18 Å². The van der Waals surface area contributed by atoms with E-state index in [1.54, 1.807) is 0 Å². The van der Waals surface area contributed by atoms with E-state index in [0.717, 1.165) is 0 Å². The summed E-state index contributed by atoms with van der Waals surface area (Å²) in [4.78, 5) is 10.4. The zero-order chi connectivity index (χ0) is 11.3. The quantitative estimate of drug-likeness (QED) is 0.593. The van der Waals surface area contributed by atoms with Crippen molar-refractivity contribution in [3.63, 3.8) is 0 Å². The molecule has 1 N–H and O–H groups in total. The molecule has 78 valence electrons. The van der Waals surface area contributed by atoms with E-state index in [0.29, 0.717) is 11.3 Å². The van der Waals surface area contributed by atoms with Gasteiger partial charge >= 0.3 is 5.97 Å². The Morgan fingerprint density at radius 2 is 2.27 bits per heavy atom. The molecule has 0 aliphatic heterocycles. The largest absolute Gasteiger partial charge is 0.481 e. The van der Waals surface area contributed by atoms with Crippen molar-refractivity contribution in [2.45, 2.75) is 6.42 Å². The average Bonchev–Trinajstić information content (AvgIpc) is 2.18. The first-order valence-corrected chi connectivity index (χ1v) is 4.86. The van der Waals surface area contributed by atoms with E-state index in [1.165, 1.54) is 18.2 Å². The van der Waals surface area contributed by atoms with Crippen molar-refractivity contribution in [1.82, 2.24) is 0 Å². The van der Waals surface area contributed by atoms with Crippen molar-refractivity contribution in [1.29, 1.82) is 0 Å². The molecule has 0 saturated heterocycles. The minimum atomic E-state index is -0.949. The fourth-order valence-electron chi connectivity index (χ4n) is 1.09. The molecule has 1 aromatic rings. The smallest absolute Gasteiger partial charge is 0.307 e. The van der Waals surface area contributed by atoms with Crippen molar-refractivity contribution < 1.29 is 14.3 Å². The van der Waals surface area contributed by atoms with Crippen molar-refractivity contribution in [3.8, 4) is 11.8 Å². The Morgan fingerprint density at radius 1 is 1.53 bits per heavy atom. The number of carboxylic acids is 1. The summed E-state index contributed by atoms with van der Waals surface area (Å²) in [6.07, 6.45) is -0.129. The molecule has 0 heterocycles. The number of carbonyl (C=O) groups is 1. The summed E-state index contributed by atoms with van der Waals surface area (Å²) < 4.78 is 13.2. The van der Waals surface area contributed by atoms with Crippen LogP contribution in [0.5, 0.6) is 0 Å². The van der Waals surface area contributed by atoms with Crippen LogP contribution in [0.15, 0.2) is 18.2 Å². The lowest BCUT2D eigenvalue weighted by Crippen LogP contribution is -2.00. The van der Waals surface area contributed by atoms with Crippen LogP contribution in [-0.2, 0) is 11.2 Å². The molecule has 0 aliphatic carbocycles. The standard InChI is InChI=1S/C11H9FO2S/c12-10-4-3-8(7-11(13)14)6-9(10)2-1-5-15/h3-4,6,15H,5,7H2,(H,13,14). The molecular weight excluding hydrogens is 215 g/mol. The monoisotopic (exact) mass is 224 g/mol. The molecule has 0 saturated carbocycles. The third-order valence-electron chi connectivity index (χ3n) is 1.69. The lowest BCUT2D eigenvalue weighted by molar-refractivity contribution is -0.136. The number of benzene rings is 1. The van der Waals surface area contributed by atoms with Crippen LogP contribution in [0.2, 0.25) is 0 Å². The van der Waals surface area contributed by atoms with Gasteiger partial charge in [-0.25, -0.2) is 4.39 Å². The number of aliphatic carboxylic acids is 1. The van der Waals surface area contributed by atoms with Crippen molar-refractivity contribution in [2.75, 3.05) is 5.75 Å². The number of thiol groups is 1. The van der Waals surface area contributed by atoms with Gasteiger partial charge in [0, 0.05) is 0 Å². The second kappa shape index (κ2) is 5.42. The average molecular weight is 224 g/mol. The maximum absolute atomic E-state index is 13.2. The van der Waals surface area contributed by atoms with Gasteiger partial charge < -0.3 is 5.11 Å². The topological polar surface area (TPSA) is 37.3 Å². The molecule has 0 spiro atoms. The Labute approximate surface area is 92.5 Å². The van der Waals surface area contributed by atoms with Crippen LogP contribution in [0.4, 0.5) is 4.39 Å². The van der Waals surface area contributed by atoms with Crippen LogP contribution < -0.4 is 0 Å². The maximum atomic E-state index is 13.2. The van der Waals surface area contributed by atoms with Crippen LogP contribution in [-0.4, -0.2) is 16.8 Å². The molecular formula is C11H9FO2S. The summed E-state index contributed by atoms with van der Waals surface area (Å²) >= 11 is 3.88. The fraction of sp³-hybridized carbons (Fsp3) is 0.182. The molecule has 0 aromatic heterocycles. The van der Waals surface area contributed by atoms with Crippen LogP contribution in [0.1, 0.15) is 11.1 Å². The van der Waals surface area contributed by atoms with Gasteiger partial charge in [0.05, 0.1) is 17.7 Å². The molecule has 0 radical (unpaired) electrons. The maximum Gasteiger partial charge on any atom is 0.307 e. The van der Waals surface area contributed by atoms with Gasteiger partial charge in [-0.1, -0.05) is 17.9 Å². The van der Waals surface area contributed by atoms with Gasteiger partial charge in [0.25, 0.3) is 0 Å². The van der Waals surface area contributed by atoms with Crippen molar-refractivity contribution >= 4 is 18.6 Å². The van der Waals surface area contributed by atoms with E-state index >= 15 is 0 Å². The van der Waals surface area contributed by atoms with Crippen LogP contribution in [0, 0.1) is 17.7 Å². The van der Waals surface area contributed by atoms with Gasteiger partial charge in [0.2, 0.25) is 0 Å². The normalized spacial score (nSPS) is 9.20. The lowest BCUT2D eigenvalue weighted by atomic mass is 10.1. The molecule has 1 aromatic carbocycles. The summed E-state index contributed by atoms with van der Waals surface area (Å²) in [6.45, 7) is 0. The first kappa shape index (κ1) is 11.6. The zero-order valence-electron chi connectivity index (χ0n) is 7.83. The second-order valence-corrected chi connectivity index (χ2v) is 3.16. The molecule has 0 atom stereocenters. The highest BCUT2D eigenvalue weighted by atomic mass is 32.1. The summed E-state index contributed by atoms with van der Waals surface area (Å²) in [5.74, 6) is 4.14. The van der Waals surface area contributed by atoms with Crippen LogP contribution in [0.3, 0.4) is 0 Å². The van der Waals surface area contributed by atoms with Gasteiger partial charge in [-0.3, -0.25) is 4.79 Å². The van der Waals surface area contributed by atoms with E-state index in [2.05, 4.69) is 24.5 Å². The number of rotatable bonds is 2. The molecule has 4 heteroatoms.